The third-order valence-corrected chi connectivity index (χ3v) is 7.62. The van der Waals surface area contributed by atoms with Crippen LogP contribution < -0.4 is 9.57 Å². The first-order valence-corrected chi connectivity index (χ1v) is 13.0. The molecule has 0 aliphatic carbocycles. The van der Waals surface area contributed by atoms with E-state index in [1.807, 2.05) is 43.3 Å². The predicted octanol–water partition coefficient (Wildman–Crippen LogP) is 5.15. The van der Waals surface area contributed by atoms with E-state index in [2.05, 4.69) is 4.83 Å². The van der Waals surface area contributed by atoms with E-state index in [1.165, 1.54) is 7.11 Å². The number of oxazole rings is 1. The van der Waals surface area contributed by atoms with Gasteiger partial charge in [0, 0.05) is 17.1 Å². The molecule has 0 saturated carbocycles. The Morgan fingerprint density at radius 3 is 2.49 bits per heavy atom. The fourth-order valence-corrected chi connectivity index (χ4v) is 5.45. The second kappa shape index (κ2) is 9.47. The number of aromatic nitrogens is 1. The molecule has 0 amide bonds. The summed E-state index contributed by atoms with van der Waals surface area (Å²) in [7, 11) is -2.32. The fraction of sp³-hybridized carbons (Fsp3) is 0.192. The number of hydrazine groups is 1. The summed E-state index contributed by atoms with van der Waals surface area (Å²) in [6, 6.07) is 21.2. The Hall–Kier alpha value is -3.17. The number of halogens is 1. The number of ether oxygens (including phenoxy) is 1. The number of rotatable bonds is 6. The van der Waals surface area contributed by atoms with Crippen LogP contribution in [0.5, 0.6) is 5.95 Å². The van der Waals surface area contributed by atoms with Crippen molar-refractivity contribution in [1.82, 2.24) is 14.8 Å². The first-order valence-electron chi connectivity index (χ1n) is 11.1. The van der Waals surface area contributed by atoms with Gasteiger partial charge >= 0.3 is 5.95 Å². The molecule has 0 bridgehead atoms. The smallest absolute Gasteiger partial charge is 0.313 e. The summed E-state index contributed by atoms with van der Waals surface area (Å²) in [5.74, 6) is 0.567. The highest BCUT2D eigenvalue weighted by Gasteiger charge is 2.36. The lowest BCUT2D eigenvalue weighted by Crippen LogP contribution is -2.48. The highest BCUT2D eigenvalue weighted by Crippen LogP contribution is 2.39. The Morgan fingerprint density at radius 1 is 1.06 bits per heavy atom. The van der Waals surface area contributed by atoms with Gasteiger partial charge < -0.3 is 9.15 Å². The lowest BCUT2D eigenvalue weighted by atomic mass is 9.94. The monoisotopic (exact) mass is 509 g/mol. The number of fused-ring (bicyclic) bond motifs is 1. The molecule has 0 unspecified atom stereocenters. The molecule has 1 N–H and O–H groups in total. The van der Waals surface area contributed by atoms with E-state index < -0.39 is 16.1 Å². The second-order valence-electron chi connectivity index (χ2n) is 8.35. The largest absolute Gasteiger partial charge is 0.467 e. The standard InChI is InChI=1S/C26H24ClN3O4S/c1-17-7-13-21(14-8-17)35(31,32)29-30-16-15-18-5-3-4-6-22(18)24(30)25-28-23(26(33-2)34-25)19-9-11-20(27)12-10-19/h3-14,24,29H,15-16H2,1-2H3/t24-/m1/s1. The van der Waals surface area contributed by atoms with E-state index in [4.69, 9.17) is 25.7 Å². The number of benzene rings is 3. The Bertz CT molecular complexity index is 1450. The zero-order valence-electron chi connectivity index (χ0n) is 19.2. The quantitative estimate of drug-likeness (QED) is 0.387. The first-order chi connectivity index (χ1) is 16.9. The molecule has 9 heteroatoms. The van der Waals surface area contributed by atoms with Crippen LogP contribution in [0.4, 0.5) is 0 Å². The van der Waals surface area contributed by atoms with Gasteiger partial charge in [-0.25, -0.2) is 18.4 Å². The molecule has 0 radical (unpaired) electrons. The van der Waals surface area contributed by atoms with Gasteiger partial charge in [0.1, 0.15) is 6.04 Å². The average molecular weight is 510 g/mol. The van der Waals surface area contributed by atoms with E-state index >= 15 is 0 Å². The molecular formula is C26H24ClN3O4S. The lowest BCUT2D eigenvalue weighted by molar-refractivity contribution is 0.153. The van der Waals surface area contributed by atoms with Gasteiger partial charge in [0.25, 0.3) is 10.0 Å². The summed E-state index contributed by atoms with van der Waals surface area (Å²) in [4.78, 5) is 7.71. The Balaban J connectivity index is 1.57. The molecule has 1 aromatic heterocycles. The van der Waals surface area contributed by atoms with Gasteiger partial charge in [0.2, 0.25) is 5.89 Å². The molecule has 35 heavy (non-hydrogen) atoms. The molecule has 1 aliphatic heterocycles. The average Bonchev–Trinajstić information content (AvgIpc) is 3.28. The van der Waals surface area contributed by atoms with Crippen molar-refractivity contribution in [2.75, 3.05) is 13.7 Å². The van der Waals surface area contributed by atoms with E-state index in [-0.39, 0.29) is 10.8 Å². The van der Waals surface area contributed by atoms with Crippen LogP contribution in [0.2, 0.25) is 5.02 Å². The minimum absolute atomic E-state index is 0.188. The maximum absolute atomic E-state index is 13.2. The van der Waals surface area contributed by atoms with Crippen LogP contribution in [0.15, 0.2) is 82.1 Å². The van der Waals surface area contributed by atoms with Crippen LogP contribution in [0.1, 0.15) is 28.6 Å². The molecule has 0 saturated heterocycles. The van der Waals surface area contributed by atoms with Gasteiger partial charge in [-0.3, -0.25) is 0 Å². The molecule has 7 nitrogen and oxygen atoms in total. The molecule has 0 fully saturated rings. The zero-order chi connectivity index (χ0) is 24.6. The van der Waals surface area contributed by atoms with Gasteiger partial charge in [-0.05, 0) is 48.7 Å². The summed E-state index contributed by atoms with van der Waals surface area (Å²) in [5, 5.41) is 2.27. The topological polar surface area (TPSA) is 84.7 Å². The third kappa shape index (κ3) is 4.70. The van der Waals surface area contributed by atoms with E-state index in [9.17, 15) is 8.42 Å². The van der Waals surface area contributed by atoms with Gasteiger partial charge in [-0.15, -0.1) is 4.83 Å². The van der Waals surface area contributed by atoms with Crippen LogP contribution in [0, 0.1) is 6.92 Å². The predicted molar refractivity (Wildman–Crippen MR) is 134 cm³/mol. The zero-order valence-corrected chi connectivity index (χ0v) is 20.8. The summed E-state index contributed by atoms with van der Waals surface area (Å²) >= 11 is 6.05. The van der Waals surface area contributed by atoms with Crippen molar-refractivity contribution in [3.8, 4) is 17.2 Å². The molecule has 1 aliphatic rings. The van der Waals surface area contributed by atoms with Crippen LogP contribution >= 0.6 is 11.6 Å². The highest BCUT2D eigenvalue weighted by atomic mass is 35.5. The van der Waals surface area contributed by atoms with Gasteiger partial charge in [-0.2, -0.15) is 0 Å². The molecule has 180 valence electrons. The summed E-state index contributed by atoms with van der Waals surface area (Å²) in [6.07, 6.45) is 0.672. The number of nitrogens with one attached hydrogen (secondary N) is 1. The maximum atomic E-state index is 13.2. The van der Waals surface area contributed by atoms with Crippen LogP contribution in [-0.4, -0.2) is 32.1 Å². The maximum Gasteiger partial charge on any atom is 0.313 e. The van der Waals surface area contributed by atoms with Crippen LogP contribution in [0.25, 0.3) is 11.3 Å². The fourth-order valence-electron chi connectivity index (χ4n) is 4.22. The van der Waals surface area contributed by atoms with Crippen LogP contribution in [0.3, 0.4) is 0 Å². The molecule has 3 aromatic carbocycles. The molecule has 2 heterocycles. The lowest BCUT2D eigenvalue weighted by Gasteiger charge is -2.35. The summed E-state index contributed by atoms with van der Waals surface area (Å²) in [6.45, 7) is 2.35. The van der Waals surface area contributed by atoms with E-state index in [0.717, 1.165) is 22.3 Å². The van der Waals surface area contributed by atoms with Crippen LogP contribution in [-0.2, 0) is 16.4 Å². The molecule has 0 spiro atoms. The van der Waals surface area contributed by atoms with Crippen molar-refractivity contribution < 1.29 is 17.6 Å². The van der Waals surface area contributed by atoms with Gasteiger partial charge in [0.05, 0.1) is 12.0 Å². The van der Waals surface area contributed by atoms with E-state index in [1.54, 1.807) is 41.4 Å². The molecular weight excluding hydrogens is 486 g/mol. The van der Waals surface area contributed by atoms with E-state index in [0.29, 0.717) is 29.6 Å². The molecule has 1 atom stereocenters. The first kappa shape index (κ1) is 23.6. The Labute approximate surface area is 209 Å². The number of methoxy groups -OCH3 is 1. The van der Waals surface area contributed by atoms with Crippen molar-refractivity contribution in [1.29, 1.82) is 0 Å². The summed E-state index contributed by atoms with van der Waals surface area (Å²) in [5.41, 5.74) is 4.29. The van der Waals surface area contributed by atoms with Crippen molar-refractivity contribution >= 4 is 21.6 Å². The van der Waals surface area contributed by atoms with Gasteiger partial charge in [-0.1, -0.05) is 65.7 Å². The number of nitrogens with zero attached hydrogens (tertiary/aromatic N) is 2. The number of aryl methyl sites for hydroxylation is 1. The SMILES string of the molecule is COc1oc([C@H]2c3ccccc3CCN2NS(=O)(=O)c2ccc(C)cc2)nc1-c1ccc(Cl)cc1. The number of hydrogen-bond acceptors (Lipinski definition) is 6. The minimum atomic E-state index is -3.83. The van der Waals surface area contributed by atoms with Crippen molar-refractivity contribution in [3.05, 3.63) is 100 Å². The molecule has 5 rings (SSSR count). The number of sulfonamides is 1. The Kier molecular flexibility index (Phi) is 6.37. The molecule has 4 aromatic rings. The highest BCUT2D eigenvalue weighted by molar-refractivity contribution is 7.89. The normalized spacial score (nSPS) is 16.1. The van der Waals surface area contributed by atoms with Crippen molar-refractivity contribution in [2.24, 2.45) is 0 Å². The summed E-state index contributed by atoms with van der Waals surface area (Å²) < 4.78 is 38.0. The van der Waals surface area contributed by atoms with Gasteiger partial charge in [0.15, 0.2) is 5.69 Å². The van der Waals surface area contributed by atoms with Crippen molar-refractivity contribution in [2.45, 2.75) is 24.3 Å². The van der Waals surface area contributed by atoms with Crippen molar-refractivity contribution in [3.63, 3.8) is 0 Å². The minimum Gasteiger partial charge on any atom is -0.467 e. The second-order valence-corrected chi connectivity index (χ2v) is 10.4. The Morgan fingerprint density at radius 2 is 1.77 bits per heavy atom. The number of hydrogen-bond donors (Lipinski definition) is 1. The third-order valence-electron chi connectivity index (χ3n) is 6.00.